The molecule has 96 valence electrons. The maximum atomic E-state index is 5.21. The Morgan fingerprint density at radius 1 is 1.44 bits per heavy atom. The van der Waals surface area contributed by atoms with Gasteiger partial charge in [0.05, 0.1) is 23.7 Å². The zero-order valence-corrected chi connectivity index (χ0v) is 10.7. The van der Waals surface area contributed by atoms with Crippen molar-refractivity contribution < 1.29 is 4.74 Å². The monoisotopic (exact) mass is 245 g/mol. The predicted octanol–water partition coefficient (Wildman–Crippen LogP) is 2.11. The molecule has 4 heteroatoms. The lowest BCUT2D eigenvalue weighted by molar-refractivity contribution is 0.187. The van der Waals surface area contributed by atoms with Crippen LogP contribution in [-0.2, 0) is 11.3 Å². The van der Waals surface area contributed by atoms with Crippen molar-refractivity contribution in [2.45, 2.75) is 25.4 Å². The highest BCUT2D eigenvalue weighted by Gasteiger charge is 2.22. The van der Waals surface area contributed by atoms with Gasteiger partial charge < -0.3 is 14.6 Å². The van der Waals surface area contributed by atoms with Crippen LogP contribution in [0.15, 0.2) is 24.3 Å². The SMILES string of the molecule is COCCn1c(C2CCCN2)nc2ccccc21. The van der Waals surface area contributed by atoms with E-state index in [1.54, 1.807) is 7.11 Å². The minimum Gasteiger partial charge on any atom is -0.383 e. The first-order chi connectivity index (χ1) is 8.90. The molecule has 0 amide bonds. The zero-order chi connectivity index (χ0) is 12.4. The molecule has 1 aromatic heterocycles. The number of methoxy groups -OCH3 is 1. The van der Waals surface area contributed by atoms with Crippen molar-refractivity contribution in [2.24, 2.45) is 0 Å². The van der Waals surface area contributed by atoms with Gasteiger partial charge in [0.1, 0.15) is 5.82 Å². The molecular formula is C14H19N3O. The van der Waals surface area contributed by atoms with Crippen molar-refractivity contribution in [1.29, 1.82) is 0 Å². The highest BCUT2D eigenvalue weighted by atomic mass is 16.5. The summed E-state index contributed by atoms with van der Waals surface area (Å²) in [6.45, 7) is 2.68. The van der Waals surface area contributed by atoms with E-state index in [-0.39, 0.29) is 0 Å². The van der Waals surface area contributed by atoms with Gasteiger partial charge in [-0.25, -0.2) is 4.98 Å². The third kappa shape index (κ3) is 2.02. The highest BCUT2D eigenvalue weighted by molar-refractivity contribution is 5.76. The van der Waals surface area contributed by atoms with E-state index in [1.165, 1.54) is 18.4 Å². The zero-order valence-electron chi connectivity index (χ0n) is 10.7. The molecule has 0 saturated carbocycles. The molecule has 3 rings (SSSR count). The molecule has 1 aliphatic rings. The predicted molar refractivity (Wildman–Crippen MR) is 71.6 cm³/mol. The molecule has 1 saturated heterocycles. The lowest BCUT2D eigenvalue weighted by Gasteiger charge is -2.13. The van der Waals surface area contributed by atoms with Crippen LogP contribution >= 0.6 is 0 Å². The number of ether oxygens (including phenoxy) is 1. The van der Waals surface area contributed by atoms with Crippen LogP contribution in [0.4, 0.5) is 0 Å². The van der Waals surface area contributed by atoms with E-state index in [4.69, 9.17) is 9.72 Å². The summed E-state index contributed by atoms with van der Waals surface area (Å²) in [7, 11) is 1.74. The topological polar surface area (TPSA) is 39.1 Å². The van der Waals surface area contributed by atoms with E-state index in [2.05, 4.69) is 28.1 Å². The Morgan fingerprint density at radius 2 is 2.33 bits per heavy atom. The van der Waals surface area contributed by atoms with Crippen molar-refractivity contribution in [3.05, 3.63) is 30.1 Å². The summed E-state index contributed by atoms with van der Waals surface area (Å²) in [5, 5.41) is 3.53. The first-order valence-corrected chi connectivity index (χ1v) is 6.57. The van der Waals surface area contributed by atoms with E-state index in [0.29, 0.717) is 6.04 Å². The van der Waals surface area contributed by atoms with Gasteiger partial charge in [0.25, 0.3) is 0 Å². The molecule has 4 nitrogen and oxygen atoms in total. The van der Waals surface area contributed by atoms with E-state index in [1.807, 2.05) is 6.07 Å². The van der Waals surface area contributed by atoms with Crippen molar-refractivity contribution in [3.63, 3.8) is 0 Å². The fraction of sp³-hybridized carbons (Fsp3) is 0.500. The van der Waals surface area contributed by atoms with Gasteiger partial charge >= 0.3 is 0 Å². The summed E-state index contributed by atoms with van der Waals surface area (Å²) in [4.78, 5) is 4.79. The summed E-state index contributed by atoms with van der Waals surface area (Å²) in [5.74, 6) is 1.16. The Morgan fingerprint density at radius 3 is 3.11 bits per heavy atom. The minimum atomic E-state index is 0.397. The van der Waals surface area contributed by atoms with Gasteiger partial charge in [0.2, 0.25) is 0 Å². The number of nitrogens with zero attached hydrogens (tertiary/aromatic N) is 2. The molecule has 0 radical (unpaired) electrons. The van der Waals surface area contributed by atoms with E-state index in [9.17, 15) is 0 Å². The molecule has 0 spiro atoms. The molecule has 1 unspecified atom stereocenters. The first-order valence-electron chi connectivity index (χ1n) is 6.57. The van der Waals surface area contributed by atoms with E-state index in [0.717, 1.165) is 31.0 Å². The van der Waals surface area contributed by atoms with Gasteiger partial charge in [-0.05, 0) is 31.5 Å². The Kier molecular flexibility index (Phi) is 3.30. The normalized spacial score (nSPS) is 19.7. The lowest BCUT2D eigenvalue weighted by Crippen LogP contribution is -2.19. The third-order valence-electron chi connectivity index (χ3n) is 3.58. The number of aromatic nitrogens is 2. The molecule has 2 heterocycles. The molecule has 0 aliphatic carbocycles. The molecule has 18 heavy (non-hydrogen) atoms. The van der Waals surface area contributed by atoms with Crippen molar-refractivity contribution in [3.8, 4) is 0 Å². The van der Waals surface area contributed by atoms with Gasteiger partial charge in [-0.15, -0.1) is 0 Å². The van der Waals surface area contributed by atoms with Gasteiger partial charge in [-0.2, -0.15) is 0 Å². The highest BCUT2D eigenvalue weighted by Crippen LogP contribution is 2.26. The standard InChI is InChI=1S/C14H19N3O/c1-18-10-9-17-13-7-3-2-5-11(13)16-14(17)12-6-4-8-15-12/h2-3,5,7,12,15H,4,6,8-10H2,1H3. The van der Waals surface area contributed by atoms with Crippen LogP contribution in [-0.4, -0.2) is 29.8 Å². The molecule has 1 fully saturated rings. The number of para-hydroxylation sites is 2. The van der Waals surface area contributed by atoms with Crippen LogP contribution in [0.3, 0.4) is 0 Å². The smallest absolute Gasteiger partial charge is 0.127 e. The van der Waals surface area contributed by atoms with Crippen LogP contribution in [0.25, 0.3) is 11.0 Å². The maximum absolute atomic E-state index is 5.21. The molecule has 1 aliphatic heterocycles. The van der Waals surface area contributed by atoms with Gasteiger partial charge in [0, 0.05) is 13.7 Å². The number of rotatable bonds is 4. The average molecular weight is 245 g/mol. The number of nitrogens with one attached hydrogen (secondary N) is 1. The van der Waals surface area contributed by atoms with Crippen LogP contribution in [0.2, 0.25) is 0 Å². The second kappa shape index (κ2) is 5.08. The third-order valence-corrected chi connectivity index (χ3v) is 3.58. The molecule has 1 N–H and O–H groups in total. The molecule has 2 aromatic rings. The summed E-state index contributed by atoms with van der Waals surface area (Å²) in [6, 6.07) is 8.73. The molecule has 1 atom stereocenters. The van der Waals surface area contributed by atoms with Gasteiger partial charge in [0.15, 0.2) is 0 Å². The Bertz CT molecular complexity index is 529. The van der Waals surface area contributed by atoms with Crippen LogP contribution in [0, 0.1) is 0 Å². The largest absolute Gasteiger partial charge is 0.383 e. The second-order valence-electron chi connectivity index (χ2n) is 4.75. The summed E-state index contributed by atoms with van der Waals surface area (Å²) < 4.78 is 7.51. The molecule has 1 aromatic carbocycles. The quantitative estimate of drug-likeness (QED) is 0.896. The fourth-order valence-corrected chi connectivity index (χ4v) is 2.68. The Labute approximate surface area is 107 Å². The number of benzene rings is 1. The van der Waals surface area contributed by atoms with E-state index >= 15 is 0 Å². The summed E-state index contributed by atoms with van der Waals surface area (Å²) in [6.07, 6.45) is 2.41. The van der Waals surface area contributed by atoms with Gasteiger partial charge in [-0.1, -0.05) is 12.1 Å². The van der Waals surface area contributed by atoms with Crippen LogP contribution in [0.5, 0.6) is 0 Å². The number of imidazole rings is 1. The summed E-state index contributed by atoms with van der Waals surface area (Å²) >= 11 is 0. The Balaban J connectivity index is 2.04. The molecule has 0 bridgehead atoms. The fourth-order valence-electron chi connectivity index (χ4n) is 2.68. The number of hydrogen-bond acceptors (Lipinski definition) is 3. The van der Waals surface area contributed by atoms with Crippen LogP contribution in [0.1, 0.15) is 24.7 Å². The minimum absolute atomic E-state index is 0.397. The molecular weight excluding hydrogens is 226 g/mol. The Hall–Kier alpha value is -1.39. The van der Waals surface area contributed by atoms with Gasteiger partial charge in [-0.3, -0.25) is 0 Å². The number of fused-ring (bicyclic) bond motifs is 1. The lowest BCUT2D eigenvalue weighted by atomic mass is 10.2. The van der Waals surface area contributed by atoms with Crippen molar-refractivity contribution in [1.82, 2.24) is 14.9 Å². The number of hydrogen-bond donors (Lipinski definition) is 1. The van der Waals surface area contributed by atoms with E-state index < -0.39 is 0 Å². The second-order valence-corrected chi connectivity index (χ2v) is 4.75. The van der Waals surface area contributed by atoms with Crippen molar-refractivity contribution >= 4 is 11.0 Å². The average Bonchev–Trinajstić information content (AvgIpc) is 3.03. The van der Waals surface area contributed by atoms with Crippen molar-refractivity contribution in [2.75, 3.05) is 20.3 Å². The summed E-state index contributed by atoms with van der Waals surface area (Å²) in [5.41, 5.74) is 2.29. The first kappa shape index (κ1) is 11.7. The van der Waals surface area contributed by atoms with Crippen LogP contribution < -0.4 is 5.32 Å². The maximum Gasteiger partial charge on any atom is 0.127 e.